The van der Waals surface area contributed by atoms with Crippen molar-refractivity contribution in [1.29, 1.82) is 0 Å². The van der Waals surface area contributed by atoms with Crippen LogP contribution in [0.3, 0.4) is 0 Å². The summed E-state index contributed by atoms with van der Waals surface area (Å²) in [7, 11) is 0. The van der Waals surface area contributed by atoms with Gasteiger partial charge in [0.25, 0.3) is 0 Å². The normalized spacial score (nSPS) is 15.7. The van der Waals surface area contributed by atoms with Crippen LogP contribution >= 0.6 is 11.3 Å². The van der Waals surface area contributed by atoms with E-state index in [-0.39, 0.29) is 5.41 Å². The van der Waals surface area contributed by atoms with Crippen LogP contribution in [0.5, 0.6) is 11.5 Å². The van der Waals surface area contributed by atoms with Gasteiger partial charge in [-0.25, -0.2) is 29.9 Å². The van der Waals surface area contributed by atoms with Gasteiger partial charge in [-0.3, -0.25) is 0 Å². The summed E-state index contributed by atoms with van der Waals surface area (Å²) in [5, 5.41) is 2.42. The number of rotatable bonds is 8. The average Bonchev–Trinajstić information content (AvgIpc) is 1.50. The molecule has 5 aliphatic rings. The lowest BCUT2D eigenvalue weighted by molar-refractivity contribution is 0.434. The highest BCUT2D eigenvalue weighted by Crippen LogP contribution is 2.66. The number of hydrogen-bond donors (Lipinski definition) is 0. The van der Waals surface area contributed by atoms with E-state index < -0.39 is 16.2 Å². The van der Waals surface area contributed by atoms with E-state index in [1.54, 1.807) is 0 Å². The van der Waals surface area contributed by atoms with Crippen LogP contribution < -0.4 is 4.74 Å². The summed E-state index contributed by atoms with van der Waals surface area (Å²) in [6.07, 6.45) is 0.681. The molecule has 106 heavy (non-hydrogen) atoms. The molecule has 4 aliphatic carbocycles. The summed E-state index contributed by atoms with van der Waals surface area (Å²) in [6, 6.07) is 117. The summed E-state index contributed by atoms with van der Waals surface area (Å²) in [4.78, 5) is 31.7. The van der Waals surface area contributed by atoms with Crippen LogP contribution in [-0.4, -0.2) is 29.9 Å². The minimum atomic E-state index is -0.658. The second-order valence-electron chi connectivity index (χ2n) is 29.7. The predicted octanol–water partition coefficient (Wildman–Crippen LogP) is 23.4. The molecule has 0 radical (unpaired) electrons. The maximum absolute atomic E-state index is 7.28. The fourth-order valence-electron chi connectivity index (χ4n) is 19.0. The van der Waals surface area contributed by atoms with Crippen molar-refractivity contribution in [2.24, 2.45) is 0 Å². The Morgan fingerprint density at radius 1 is 0.255 bits per heavy atom. The SMILES string of the molecule is CC1(C)c2ccccc2C2(c3ccccc3-c3ccccc32)c2cc3c(cc21)sc1ccc(-c2nc(-c4ccccc4)nc(-c4ccc(CC5(C)c6ccc(-c7nc(-c8ccccc8)nc(-c8ccccc8)n7)cc6-c6cc7c(cc65)Oc5ccccc5C75c6ccccc6-c6ccccc65)cc4)n2)cc13. The summed E-state index contributed by atoms with van der Waals surface area (Å²) < 4.78 is 9.76. The average molecular weight is 1370 g/mol. The molecular weight excluding hydrogens is 1310 g/mol. The number of aromatic nitrogens is 6. The molecular formula is C98H64N6OS. The van der Waals surface area contributed by atoms with E-state index in [2.05, 4.69) is 288 Å². The van der Waals surface area contributed by atoms with E-state index in [4.69, 9.17) is 34.6 Å². The Morgan fingerprint density at radius 3 is 1.20 bits per heavy atom. The van der Waals surface area contributed by atoms with E-state index >= 15 is 0 Å². The Labute approximate surface area is 618 Å². The second kappa shape index (κ2) is 22.6. The standard InChI is InChI=1S/C98H64N6OS/c1-95(2)78-39-21-22-40-79(78)97(74-35-17-13-31-65(74)66-32-14-18-36-75(66)97)83-54-72-71-52-64(48-50-87(71)106-88(72)56-82(83)95)94-103-91(61-29-11-6-12-30-61)100-92(104-94)62-45-43-58(44-46-62)57-96(3)73-49-47-63(93-101-89(59-25-7-4-8-26-59)99-90(102-93)60-27-9-5-10-28-60)51-69(73)70-53-84-86(55-81(70)96)105-85-42-24-23-41-80(85)98(84)76-37-19-15-33-67(76)68-34-16-20-38-77(68)98/h4-56H,57H2,1-3H3. The van der Waals surface area contributed by atoms with Crippen molar-refractivity contribution in [1.82, 2.24) is 29.9 Å². The molecule has 1 atom stereocenters. The first kappa shape index (κ1) is 60.7. The van der Waals surface area contributed by atoms with Gasteiger partial charge in [-0.15, -0.1) is 11.3 Å². The van der Waals surface area contributed by atoms with Crippen molar-refractivity contribution in [3.05, 3.63) is 394 Å². The van der Waals surface area contributed by atoms with Crippen LogP contribution in [-0.2, 0) is 28.1 Å². The zero-order valence-corrected chi connectivity index (χ0v) is 59.1. The van der Waals surface area contributed by atoms with Crippen LogP contribution in [0.2, 0.25) is 0 Å². The zero-order valence-electron chi connectivity index (χ0n) is 58.3. The minimum absolute atomic E-state index is 0.256. The molecule has 2 spiro atoms. The van der Waals surface area contributed by atoms with Crippen molar-refractivity contribution < 1.29 is 4.74 Å². The summed E-state index contributed by atoms with van der Waals surface area (Å²) >= 11 is 1.86. The van der Waals surface area contributed by atoms with Gasteiger partial charge in [-0.2, -0.15) is 0 Å². The maximum atomic E-state index is 7.28. The van der Waals surface area contributed by atoms with Gasteiger partial charge in [0.15, 0.2) is 34.9 Å². The number of nitrogens with zero attached hydrogens (tertiary/aromatic N) is 6. The van der Waals surface area contributed by atoms with Gasteiger partial charge in [0, 0.05) is 75.5 Å². The second-order valence-corrected chi connectivity index (χ2v) is 30.8. The number of hydrogen-bond acceptors (Lipinski definition) is 8. The topological polar surface area (TPSA) is 86.6 Å². The van der Waals surface area contributed by atoms with Crippen molar-refractivity contribution in [3.63, 3.8) is 0 Å². The predicted molar refractivity (Wildman–Crippen MR) is 428 cm³/mol. The van der Waals surface area contributed by atoms with E-state index in [1.807, 2.05) is 65.9 Å². The maximum Gasteiger partial charge on any atom is 0.164 e. The van der Waals surface area contributed by atoms with Crippen LogP contribution in [0.25, 0.3) is 122 Å². The van der Waals surface area contributed by atoms with Crippen molar-refractivity contribution in [2.45, 2.75) is 48.9 Å². The molecule has 7 nitrogen and oxygen atoms in total. The zero-order chi connectivity index (χ0) is 70.2. The molecule has 0 amide bonds. The monoisotopic (exact) mass is 1370 g/mol. The quantitative estimate of drug-likeness (QED) is 0.150. The number of ether oxygens (including phenoxy) is 1. The Bertz CT molecular complexity index is 6430. The number of benzene rings is 14. The number of fused-ring (bicyclic) bond motifs is 24. The van der Waals surface area contributed by atoms with E-state index in [0.717, 1.165) is 67.1 Å². The Morgan fingerprint density at radius 2 is 0.660 bits per heavy atom. The van der Waals surface area contributed by atoms with E-state index in [9.17, 15) is 0 Å². The molecule has 1 unspecified atom stereocenters. The summed E-state index contributed by atoms with van der Waals surface area (Å²) in [5.41, 5.74) is 27.3. The van der Waals surface area contributed by atoms with Gasteiger partial charge in [-0.05, 0) is 156 Å². The first-order valence-corrected chi connectivity index (χ1v) is 37.3. The molecule has 0 fully saturated rings. The largest absolute Gasteiger partial charge is 0.457 e. The third kappa shape index (κ3) is 8.55. The number of thiophene rings is 1. The van der Waals surface area contributed by atoms with E-state index in [0.29, 0.717) is 41.4 Å². The van der Waals surface area contributed by atoms with Crippen molar-refractivity contribution >= 4 is 31.5 Å². The van der Waals surface area contributed by atoms with Crippen LogP contribution in [0.1, 0.15) is 93.1 Å². The lowest BCUT2D eigenvalue weighted by atomic mass is 9.55. The molecule has 0 bridgehead atoms. The van der Waals surface area contributed by atoms with Crippen molar-refractivity contribution in [3.8, 4) is 113 Å². The third-order valence-corrected chi connectivity index (χ3v) is 24.9. The first-order chi connectivity index (χ1) is 52.1. The molecule has 0 saturated carbocycles. The molecule has 22 rings (SSSR count). The fraction of sp³-hybridized carbons (Fsp3) is 0.0816. The fourth-order valence-corrected chi connectivity index (χ4v) is 20.1. The summed E-state index contributed by atoms with van der Waals surface area (Å²) in [5.74, 6) is 5.39. The molecule has 17 aromatic rings. The summed E-state index contributed by atoms with van der Waals surface area (Å²) in [6.45, 7) is 7.23. The van der Waals surface area contributed by atoms with Gasteiger partial charge in [0.1, 0.15) is 11.5 Å². The lowest BCUT2D eigenvalue weighted by Gasteiger charge is -2.46. The third-order valence-electron chi connectivity index (χ3n) is 23.8. The molecule has 1 aliphatic heterocycles. The van der Waals surface area contributed by atoms with Crippen molar-refractivity contribution in [2.75, 3.05) is 0 Å². The van der Waals surface area contributed by atoms with Gasteiger partial charge in [0.05, 0.1) is 10.8 Å². The Hall–Kier alpha value is -12.9. The van der Waals surface area contributed by atoms with Gasteiger partial charge in [-0.1, -0.05) is 288 Å². The lowest BCUT2D eigenvalue weighted by Crippen LogP contribution is -2.40. The molecule has 0 saturated heterocycles. The van der Waals surface area contributed by atoms with Crippen LogP contribution in [0.4, 0.5) is 0 Å². The minimum Gasteiger partial charge on any atom is -0.457 e. The van der Waals surface area contributed by atoms with Crippen LogP contribution in [0.15, 0.2) is 322 Å². The molecule has 4 heterocycles. The number of para-hydroxylation sites is 1. The first-order valence-electron chi connectivity index (χ1n) is 36.5. The van der Waals surface area contributed by atoms with Gasteiger partial charge in [0.2, 0.25) is 0 Å². The molecule has 3 aromatic heterocycles. The molecule has 14 aromatic carbocycles. The van der Waals surface area contributed by atoms with Gasteiger partial charge < -0.3 is 4.74 Å². The highest BCUT2D eigenvalue weighted by Gasteiger charge is 2.55. The Balaban J connectivity index is 0.679. The highest BCUT2D eigenvalue weighted by molar-refractivity contribution is 7.25. The Kier molecular flexibility index (Phi) is 12.9. The highest BCUT2D eigenvalue weighted by atomic mass is 32.1. The van der Waals surface area contributed by atoms with Crippen LogP contribution in [0, 0.1) is 0 Å². The molecule has 0 N–H and O–H groups in total. The van der Waals surface area contributed by atoms with Gasteiger partial charge >= 0.3 is 0 Å². The smallest absolute Gasteiger partial charge is 0.164 e. The molecule has 8 heteroatoms. The van der Waals surface area contributed by atoms with E-state index in [1.165, 1.54) is 104 Å². The molecule has 498 valence electrons.